The third kappa shape index (κ3) is 3.74. The van der Waals surface area contributed by atoms with Crippen molar-refractivity contribution in [2.24, 2.45) is 5.41 Å². The Morgan fingerprint density at radius 2 is 1.80 bits per heavy atom. The molecule has 1 heterocycles. The molecule has 1 aliphatic rings. The summed E-state index contributed by atoms with van der Waals surface area (Å²) < 4.78 is 24.9. The molecule has 0 radical (unpaired) electrons. The molecule has 0 aliphatic carbocycles. The summed E-state index contributed by atoms with van der Waals surface area (Å²) in [5.41, 5.74) is -0.796. The molecule has 15 heavy (non-hydrogen) atoms. The van der Waals surface area contributed by atoms with Crippen molar-refractivity contribution in [2.45, 2.75) is 39.7 Å². The minimum absolute atomic E-state index is 0.0282. The molecule has 0 amide bonds. The van der Waals surface area contributed by atoms with Gasteiger partial charge in [0.15, 0.2) is 0 Å². The van der Waals surface area contributed by atoms with Gasteiger partial charge >= 0.3 is 0 Å². The summed E-state index contributed by atoms with van der Waals surface area (Å²) in [4.78, 5) is 0. The summed E-state index contributed by atoms with van der Waals surface area (Å²) in [6.07, 6.45) is 0.647. The Hall–Kier alpha value is -0.130. The molecular weight excluding hydrogens is 214 g/mol. The van der Waals surface area contributed by atoms with Gasteiger partial charge in [0.25, 0.3) is 0 Å². The number of nitrogens with zero attached hydrogens (tertiary/aromatic N) is 1. The molecule has 1 saturated heterocycles. The van der Waals surface area contributed by atoms with Crippen LogP contribution < -0.4 is 0 Å². The minimum atomic E-state index is -3.15. The fourth-order valence-corrected chi connectivity index (χ4v) is 3.55. The van der Waals surface area contributed by atoms with Gasteiger partial charge in [-0.1, -0.05) is 20.8 Å². The molecule has 90 valence electrons. The van der Waals surface area contributed by atoms with Gasteiger partial charge in [0.1, 0.15) is 0 Å². The highest BCUT2D eigenvalue weighted by molar-refractivity contribution is 7.89. The van der Waals surface area contributed by atoms with Crippen LogP contribution in [0.5, 0.6) is 0 Å². The molecule has 0 bridgehead atoms. The van der Waals surface area contributed by atoms with E-state index in [9.17, 15) is 13.5 Å². The number of aliphatic hydroxyl groups is 1. The highest BCUT2D eigenvalue weighted by Crippen LogP contribution is 2.26. The smallest absolute Gasteiger partial charge is 0.214 e. The van der Waals surface area contributed by atoms with E-state index in [0.29, 0.717) is 6.42 Å². The molecule has 1 aliphatic heterocycles. The van der Waals surface area contributed by atoms with Gasteiger partial charge in [-0.15, -0.1) is 0 Å². The number of sulfonamides is 1. The highest BCUT2D eigenvalue weighted by atomic mass is 32.2. The summed E-state index contributed by atoms with van der Waals surface area (Å²) in [6.45, 7) is 8.19. The predicted molar refractivity (Wildman–Crippen MR) is 60.1 cm³/mol. The molecule has 0 atom stereocenters. The van der Waals surface area contributed by atoms with Crippen LogP contribution >= 0.6 is 0 Å². The lowest BCUT2D eigenvalue weighted by atomic mass is 9.94. The zero-order valence-electron chi connectivity index (χ0n) is 9.95. The van der Waals surface area contributed by atoms with E-state index in [1.165, 1.54) is 4.31 Å². The second-order valence-corrected chi connectivity index (χ2v) is 7.98. The predicted octanol–water partition coefficient (Wildman–Crippen LogP) is 0.819. The molecule has 5 heteroatoms. The van der Waals surface area contributed by atoms with Crippen LogP contribution in [0.25, 0.3) is 0 Å². The van der Waals surface area contributed by atoms with E-state index >= 15 is 0 Å². The van der Waals surface area contributed by atoms with Crippen molar-refractivity contribution < 1.29 is 13.5 Å². The number of hydrogen-bond acceptors (Lipinski definition) is 3. The second kappa shape index (κ2) is 3.71. The van der Waals surface area contributed by atoms with Gasteiger partial charge in [-0.05, 0) is 18.8 Å². The summed E-state index contributed by atoms with van der Waals surface area (Å²) in [7, 11) is -3.15. The Balaban J connectivity index is 2.48. The average molecular weight is 235 g/mol. The first-order valence-electron chi connectivity index (χ1n) is 5.22. The average Bonchev–Trinajstić information content (AvgIpc) is 1.95. The maximum Gasteiger partial charge on any atom is 0.214 e. The Morgan fingerprint density at radius 1 is 1.33 bits per heavy atom. The molecule has 0 spiro atoms. The molecule has 0 saturated carbocycles. The van der Waals surface area contributed by atoms with Crippen LogP contribution in [0.4, 0.5) is 0 Å². The number of rotatable bonds is 3. The van der Waals surface area contributed by atoms with Crippen LogP contribution in [0.2, 0.25) is 0 Å². The van der Waals surface area contributed by atoms with E-state index in [1.54, 1.807) is 6.92 Å². The van der Waals surface area contributed by atoms with Gasteiger partial charge in [-0.3, -0.25) is 0 Å². The van der Waals surface area contributed by atoms with Gasteiger partial charge in [-0.2, -0.15) is 4.31 Å². The van der Waals surface area contributed by atoms with Crippen molar-refractivity contribution in [3.8, 4) is 0 Å². The normalized spacial score (nSPS) is 22.5. The third-order valence-electron chi connectivity index (χ3n) is 2.54. The van der Waals surface area contributed by atoms with E-state index in [0.717, 1.165) is 0 Å². The van der Waals surface area contributed by atoms with Gasteiger partial charge in [0, 0.05) is 13.1 Å². The largest absolute Gasteiger partial charge is 0.387 e. The van der Waals surface area contributed by atoms with Crippen molar-refractivity contribution in [3.63, 3.8) is 0 Å². The second-order valence-electron chi connectivity index (χ2n) is 5.89. The molecule has 0 aromatic carbocycles. The monoisotopic (exact) mass is 235 g/mol. The molecule has 1 N–H and O–H groups in total. The lowest BCUT2D eigenvalue weighted by Crippen LogP contribution is -2.62. The first-order valence-corrected chi connectivity index (χ1v) is 6.83. The SMILES string of the molecule is CC(C)(C)CCS(=O)(=O)N1CC(C)(O)C1. The topological polar surface area (TPSA) is 57.6 Å². The van der Waals surface area contributed by atoms with Crippen LogP contribution in [-0.2, 0) is 10.0 Å². The lowest BCUT2D eigenvalue weighted by molar-refractivity contribution is -0.0426. The molecular formula is C10H21NO3S. The molecule has 1 rings (SSSR count). The summed E-state index contributed by atoms with van der Waals surface area (Å²) >= 11 is 0. The van der Waals surface area contributed by atoms with Gasteiger partial charge in [0.2, 0.25) is 10.0 Å². The van der Waals surface area contributed by atoms with Crippen molar-refractivity contribution in [1.82, 2.24) is 4.31 Å². The van der Waals surface area contributed by atoms with Crippen molar-refractivity contribution in [1.29, 1.82) is 0 Å². The van der Waals surface area contributed by atoms with Crippen LogP contribution in [0, 0.1) is 5.41 Å². The Morgan fingerprint density at radius 3 is 2.13 bits per heavy atom. The Labute approximate surface area is 92.3 Å². The lowest BCUT2D eigenvalue weighted by Gasteiger charge is -2.43. The van der Waals surface area contributed by atoms with Crippen LogP contribution in [0.15, 0.2) is 0 Å². The van der Waals surface area contributed by atoms with E-state index in [1.807, 2.05) is 20.8 Å². The zero-order chi connectivity index (χ0) is 11.9. The molecule has 0 aromatic rings. The van der Waals surface area contributed by atoms with E-state index in [4.69, 9.17) is 0 Å². The van der Waals surface area contributed by atoms with Crippen LogP contribution in [-0.4, -0.2) is 42.3 Å². The van der Waals surface area contributed by atoms with Gasteiger partial charge in [-0.25, -0.2) is 8.42 Å². The van der Waals surface area contributed by atoms with E-state index in [-0.39, 0.29) is 24.3 Å². The highest BCUT2D eigenvalue weighted by Gasteiger charge is 2.43. The summed E-state index contributed by atoms with van der Waals surface area (Å²) in [5, 5.41) is 9.47. The fourth-order valence-electron chi connectivity index (χ4n) is 1.47. The summed E-state index contributed by atoms with van der Waals surface area (Å²) in [5.74, 6) is 0.173. The van der Waals surface area contributed by atoms with Gasteiger partial charge in [0.05, 0.1) is 11.4 Å². The number of hydrogen-bond donors (Lipinski definition) is 1. The van der Waals surface area contributed by atoms with Crippen LogP contribution in [0.3, 0.4) is 0 Å². The third-order valence-corrected chi connectivity index (χ3v) is 4.30. The maximum absolute atomic E-state index is 11.8. The standard InChI is InChI=1S/C10H21NO3S/c1-9(2,3)5-6-15(13,14)11-7-10(4,12)8-11/h12H,5-8H2,1-4H3. The first kappa shape index (κ1) is 12.9. The maximum atomic E-state index is 11.8. The molecule has 4 nitrogen and oxygen atoms in total. The number of β-amino-alcohol motifs (C(OH)–C–C–N with tert-alkyl or cyclic N) is 1. The van der Waals surface area contributed by atoms with E-state index < -0.39 is 15.6 Å². The van der Waals surface area contributed by atoms with Crippen LogP contribution in [0.1, 0.15) is 34.1 Å². The minimum Gasteiger partial charge on any atom is -0.387 e. The summed E-state index contributed by atoms with van der Waals surface area (Å²) in [6, 6.07) is 0. The van der Waals surface area contributed by atoms with Crippen molar-refractivity contribution in [3.05, 3.63) is 0 Å². The van der Waals surface area contributed by atoms with Crippen molar-refractivity contribution >= 4 is 10.0 Å². The van der Waals surface area contributed by atoms with Crippen molar-refractivity contribution in [2.75, 3.05) is 18.8 Å². The molecule has 1 fully saturated rings. The van der Waals surface area contributed by atoms with E-state index in [2.05, 4.69) is 0 Å². The molecule has 0 unspecified atom stereocenters. The first-order chi connectivity index (χ1) is 6.52. The Bertz CT molecular complexity index is 319. The fraction of sp³-hybridized carbons (Fsp3) is 1.00. The van der Waals surface area contributed by atoms with Gasteiger partial charge < -0.3 is 5.11 Å². The zero-order valence-corrected chi connectivity index (χ0v) is 10.8. The molecule has 0 aromatic heterocycles. The quantitative estimate of drug-likeness (QED) is 0.788. The Kier molecular flexibility index (Phi) is 3.20.